The van der Waals surface area contributed by atoms with Crippen LogP contribution in [0.2, 0.25) is 0 Å². The first-order chi connectivity index (χ1) is 9.93. The molecule has 0 atom stereocenters. The third-order valence-corrected chi connectivity index (χ3v) is 7.77. The molecule has 4 rings (SSSR count). The lowest BCUT2D eigenvalue weighted by molar-refractivity contribution is 0.721. The summed E-state index contributed by atoms with van der Waals surface area (Å²) < 4.78 is 0. The molecule has 100 valence electrons. The van der Waals surface area contributed by atoms with Crippen molar-refractivity contribution < 1.29 is 0 Å². The van der Waals surface area contributed by atoms with Crippen LogP contribution in [0, 0.1) is 0 Å². The summed E-state index contributed by atoms with van der Waals surface area (Å²) in [5.41, 5.74) is 0. The average Bonchev–Trinajstić information content (AvgIpc) is 2.53. The quantitative estimate of drug-likeness (QED) is 0.613. The van der Waals surface area contributed by atoms with E-state index in [9.17, 15) is 0 Å². The molecule has 1 aliphatic carbocycles. The molecule has 0 N–H and O–H groups in total. The van der Waals surface area contributed by atoms with Crippen LogP contribution in [0.5, 0.6) is 0 Å². The van der Waals surface area contributed by atoms with Crippen molar-refractivity contribution >= 4 is 22.7 Å². The summed E-state index contributed by atoms with van der Waals surface area (Å²) in [5, 5.41) is 0. The zero-order chi connectivity index (χ0) is 13.4. The van der Waals surface area contributed by atoms with Crippen molar-refractivity contribution in [2.24, 2.45) is 0 Å². The summed E-state index contributed by atoms with van der Waals surface area (Å²) in [6, 6.07) is 17.9. The molecule has 2 aromatic carbocycles. The van der Waals surface area contributed by atoms with Crippen molar-refractivity contribution in [3.8, 4) is 0 Å². The Hall–Kier alpha value is -1.12. The molecule has 0 amide bonds. The normalized spacial score (nSPS) is 18.1. The van der Waals surface area contributed by atoms with Gasteiger partial charge in [0, 0.05) is 6.42 Å². The van der Waals surface area contributed by atoms with Crippen molar-refractivity contribution in [1.82, 2.24) is 0 Å². The molecule has 0 saturated carbocycles. The van der Waals surface area contributed by atoms with Gasteiger partial charge in [0.05, 0.1) is 20.7 Å². The van der Waals surface area contributed by atoms with Crippen molar-refractivity contribution in [2.75, 3.05) is 0 Å². The van der Waals surface area contributed by atoms with Crippen LogP contribution in [0.4, 0.5) is 0 Å². The first kappa shape index (κ1) is 12.6. The highest BCUT2D eigenvalue weighted by atomic mass is 32.2. The number of hydrogen-bond donors (Lipinski definition) is 0. The number of rotatable bonds is 1. The van der Waals surface area contributed by atoms with Gasteiger partial charge in [0.25, 0.3) is 0 Å². The third kappa shape index (κ3) is 2.11. The van der Waals surface area contributed by atoms with Gasteiger partial charge in [-0.3, -0.25) is 0 Å². The second-order valence-corrected chi connectivity index (χ2v) is 8.32. The van der Waals surface area contributed by atoms with Gasteiger partial charge in [0.1, 0.15) is 4.91 Å². The highest BCUT2D eigenvalue weighted by molar-refractivity contribution is 8.05. The lowest BCUT2D eigenvalue weighted by Crippen LogP contribution is -2.14. The molecule has 20 heavy (non-hydrogen) atoms. The molecular weight excluding hydrogens is 280 g/mol. The highest BCUT2D eigenvalue weighted by Gasteiger charge is 2.39. The van der Waals surface area contributed by atoms with E-state index in [1.165, 1.54) is 45.3 Å². The van der Waals surface area contributed by atoms with Gasteiger partial charge in [0.15, 0.2) is 9.79 Å². The molecule has 2 aromatic rings. The molecule has 2 aliphatic rings. The molecule has 0 unspecified atom stereocenters. The van der Waals surface area contributed by atoms with Crippen LogP contribution in [-0.2, 0) is 10.9 Å². The molecular formula is C18H17S2+. The average molecular weight is 297 g/mol. The number of fused-ring (bicyclic) bond motifs is 2. The minimum Gasteiger partial charge on any atom is -0.0795 e. The SMILES string of the molecule is C1=C([S+]2c3ccccc3Sc3ccccc32)CCCC1. The Kier molecular flexibility index (Phi) is 3.37. The summed E-state index contributed by atoms with van der Waals surface area (Å²) in [5.74, 6) is 0. The fourth-order valence-electron chi connectivity index (χ4n) is 2.92. The van der Waals surface area contributed by atoms with E-state index in [-0.39, 0.29) is 10.9 Å². The van der Waals surface area contributed by atoms with Gasteiger partial charge in [-0.2, -0.15) is 0 Å². The largest absolute Gasteiger partial charge is 0.180 e. The lowest BCUT2D eigenvalue weighted by atomic mass is 10.1. The number of allylic oxidation sites excluding steroid dienone is 2. The molecule has 0 bridgehead atoms. The van der Waals surface area contributed by atoms with Crippen LogP contribution in [0.1, 0.15) is 25.7 Å². The predicted octanol–water partition coefficient (Wildman–Crippen LogP) is 5.65. The van der Waals surface area contributed by atoms with Crippen LogP contribution >= 0.6 is 11.8 Å². The second kappa shape index (κ2) is 5.34. The molecule has 0 radical (unpaired) electrons. The Balaban J connectivity index is 1.90. The predicted molar refractivity (Wildman–Crippen MR) is 87.5 cm³/mol. The molecule has 0 spiro atoms. The zero-order valence-electron chi connectivity index (χ0n) is 11.3. The molecule has 0 nitrogen and oxygen atoms in total. The molecule has 0 saturated heterocycles. The van der Waals surface area contributed by atoms with E-state index in [0.717, 1.165) is 0 Å². The maximum Gasteiger partial charge on any atom is 0.180 e. The molecule has 0 fully saturated rings. The van der Waals surface area contributed by atoms with Crippen LogP contribution in [0.25, 0.3) is 0 Å². The Morgan fingerprint density at radius 1 is 0.800 bits per heavy atom. The van der Waals surface area contributed by atoms with Crippen molar-refractivity contribution in [3.05, 3.63) is 59.5 Å². The Morgan fingerprint density at radius 2 is 1.45 bits per heavy atom. The van der Waals surface area contributed by atoms with Gasteiger partial charge in [-0.05, 0) is 49.6 Å². The van der Waals surface area contributed by atoms with Crippen LogP contribution in [0.15, 0.2) is 79.1 Å². The van der Waals surface area contributed by atoms with E-state index in [0.29, 0.717) is 0 Å². The fraction of sp³-hybridized carbons (Fsp3) is 0.222. The van der Waals surface area contributed by atoms with Gasteiger partial charge < -0.3 is 0 Å². The van der Waals surface area contributed by atoms with Crippen LogP contribution in [-0.4, -0.2) is 0 Å². The van der Waals surface area contributed by atoms with Gasteiger partial charge in [-0.25, -0.2) is 0 Å². The zero-order valence-corrected chi connectivity index (χ0v) is 13.0. The Bertz CT molecular complexity index is 627. The highest BCUT2D eigenvalue weighted by Crippen LogP contribution is 2.49. The van der Waals surface area contributed by atoms with Crippen molar-refractivity contribution in [1.29, 1.82) is 0 Å². The van der Waals surface area contributed by atoms with E-state index < -0.39 is 0 Å². The summed E-state index contributed by atoms with van der Waals surface area (Å²) >= 11 is 1.93. The van der Waals surface area contributed by atoms with E-state index >= 15 is 0 Å². The minimum atomic E-state index is 0.159. The van der Waals surface area contributed by atoms with Gasteiger partial charge in [-0.1, -0.05) is 36.0 Å². The molecule has 0 aromatic heterocycles. The smallest absolute Gasteiger partial charge is 0.0795 e. The maximum atomic E-state index is 2.51. The van der Waals surface area contributed by atoms with E-state index in [4.69, 9.17) is 0 Å². The topological polar surface area (TPSA) is 0 Å². The van der Waals surface area contributed by atoms with Crippen molar-refractivity contribution in [2.45, 2.75) is 45.3 Å². The monoisotopic (exact) mass is 297 g/mol. The first-order valence-corrected chi connectivity index (χ1v) is 9.27. The van der Waals surface area contributed by atoms with Crippen LogP contribution < -0.4 is 0 Å². The van der Waals surface area contributed by atoms with Crippen molar-refractivity contribution in [3.63, 3.8) is 0 Å². The van der Waals surface area contributed by atoms with Crippen LogP contribution in [0.3, 0.4) is 0 Å². The standard InChI is InChI=1S/C18H17S2/c1-2-8-14(9-3-1)20-17-12-6-4-10-15(17)19-16-11-5-7-13-18(16)20/h4-8,10-13H,1-3,9H2/q+1. The summed E-state index contributed by atoms with van der Waals surface area (Å²) in [6.07, 6.45) is 7.76. The van der Waals surface area contributed by atoms with E-state index in [1.54, 1.807) is 4.91 Å². The molecule has 1 aliphatic heterocycles. The summed E-state index contributed by atoms with van der Waals surface area (Å²) in [6.45, 7) is 0. The minimum absolute atomic E-state index is 0.159. The van der Waals surface area contributed by atoms with Gasteiger partial charge in [-0.15, -0.1) is 0 Å². The summed E-state index contributed by atoms with van der Waals surface area (Å²) in [4.78, 5) is 7.62. The second-order valence-electron chi connectivity index (χ2n) is 5.22. The number of hydrogen-bond acceptors (Lipinski definition) is 1. The summed E-state index contributed by atoms with van der Waals surface area (Å²) in [7, 11) is 0.159. The fourth-order valence-corrected chi connectivity index (χ4v) is 6.94. The molecule has 2 heteroatoms. The first-order valence-electron chi connectivity index (χ1n) is 7.23. The Labute approximate surface area is 127 Å². The maximum absolute atomic E-state index is 2.51. The van der Waals surface area contributed by atoms with Gasteiger partial charge >= 0.3 is 0 Å². The van der Waals surface area contributed by atoms with E-state index in [1.807, 2.05) is 11.8 Å². The third-order valence-electron chi connectivity index (χ3n) is 3.87. The lowest BCUT2D eigenvalue weighted by Gasteiger charge is -2.21. The van der Waals surface area contributed by atoms with Gasteiger partial charge in [0.2, 0.25) is 0 Å². The molecule has 1 heterocycles. The Morgan fingerprint density at radius 3 is 2.05 bits per heavy atom. The number of benzene rings is 2. The van der Waals surface area contributed by atoms with E-state index in [2.05, 4.69) is 54.6 Å².